The fourth-order valence-corrected chi connectivity index (χ4v) is 3.72. The first kappa shape index (κ1) is 18.9. The molecule has 142 valence electrons. The van der Waals surface area contributed by atoms with E-state index in [0.29, 0.717) is 6.42 Å². The summed E-state index contributed by atoms with van der Waals surface area (Å²) in [6.07, 6.45) is 6.15. The zero-order valence-electron chi connectivity index (χ0n) is 15.3. The number of imide groups is 2. The van der Waals surface area contributed by atoms with E-state index in [4.69, 9.17) is 0 Å². The molecule has 1 aromatic carbocycles. The van der Waals surface area contributed by atoms with E-state index in [1.165, 1.54) is 32.2 Å². The molecule has 0 bridgehead atoms. The molecule has 2 atom stereocenters. The monoisotopic (exact) mass is 372 g/mol. The number of hydrogen-bond donors (Lipinski definition) is 0. The predicted octanol–water partition coefficient (Wildman–Crippen LogP) is 2.79. The molecule has 1 saturated heterocycles. The Bertz CT molecular complexity index is 850. The molecule has 7 heteroatoms. The van der Waals surface area contributed by atoms with Gasteiger partial charge in [0.25, 0.3) is 0 Å². The number of ketones is 1. The van der Waals surface area contributed by atoms with Gasteiger partial charge in [-0.15, -0.1) is 0 Å². The van der Waals surface area contributed by atoms with Crippen LogP contribution in [0.1, 0.15) is 36.5 Å². The maximum absolute atomic E-state index is 13.4. The minimum absolute atomic E-state index is 0.0643. The SMILES string of the molecule is CN1C(=O)N(CC(=O)c2cccc(F)c2)C(=O)C(C)(C2C=CCCC2)C1=O. The highest BCUT2D eigenvalue weighted by atomic mass is 19.1. The zero-order chi connectivity index (χ0) is 19.8. The van der Waals surface area contributed by atoms with Gasteiger partial charge in [0, 0.05) is 12.6 Å². The Labute approximate surface area is 156 Å². The van der Waals surface area contributed by atoms with Crippen LogP contribution in [0.2, 0.25) is 0 Å². The van der Waals surface area contributed by atoms with Crippen LogP contribution in [-0.2, 0) is 9.59 Å². The Morgan fingerprint density at radius 3 is 2.63 bits per heavy atom. The molecule has 2 unspecified atom stereocenters. The third kappa shape index (κ3) is 3.18. The van der Waals surface area contributed by atoms with Gasteiger partial charge in [-0.05, 0) is 44.2 Å². The summed E-state index contributed by atoms with van der Waals surface area (Å²) in [7, 11) is 1.31. The number of carbonyl (C=O) groups is 4. The van der Waals surface area contributed by atoms with Crippen LogP contribution >= 0.6 is 0 Å². The second kappa shape index (κ2) is 7.06. The molecule has 4 amide bonds. The largest absolute Gasteiger partial charge is 0.333 e. The van der Waals surface area contributed by atoms with Crippen LogP contribution < -0.4 is 0 Å². The molecule has 0 radical (unpaired) electrons. The van der Waals surface area contributed by atoms with Crippen LogP contribution in [0.3, 0.4) is 0 Å². The number of halogens is 1. The summed E-state index contributed by atoms with van der Waals surface area (Å²) in [4.78, 5) is 52.7. The van der Waals surface area contributed by atoms with Gasteiger partial charge in [0.1, 0.15) is 11.2 Å². The van der Waals surface area contributed by atoms with Crippen LogP contribution in [0, 0.1) is 17.2 Å². The molecule has 3 rings (SSSR count). The summed E-state index contributed by atoms with van der Waals surface area (Å²) in [5, 5.41) is 0. The minimum Gasteiger partial charge on any atom is -0.292 e. The van der Waals surface area contributed by atoms with Crippen molar-refractivity contribution in [1.29, 1.82) is 0 Å². The molecule has 1 fully saturated rings. The van der Waals surface area contributed by atoms with Gasteiger partial charge in [-0.2, -0.15) is 0 Å². The van der Waals surface area contributed by atoms with Crippen LogP contribution in [0.4, 0.5) is 9.18 Å². The third-order valence-electron chi connectivity index (χ3n) is 5.40. The topological polar surface area (TPSA) is 74.8 Å². The Morgan fingerprint density at radius 2 is 2.00 bits per heavy atom. The molecule has 0 N–H and O–H groups in total. The molecule has 27 heavy (non-hydrogen) atoms. The van der Waals surface area contributed by atoms with Crippen LogP contribution in [0.25, 0.3) is 0 Å². The second-order valence-corrected chi connectivity index (χ2v) is 7.14. The maximum atomic E-state index is 13.4. The molecule has 1 heterocycles. The van der Waals surface area contributed by atoms with Gasteiger partial charge < -0.3 is 0 Å². The van der Waals surface area contributed by atoms with Crippen molar-refractivity contribution in [3.05, 3.63) is 47.8 Å². The summed E-state index contributed by atoms with van der Waals surface area (Å²) in [6.45, 7) is 0.991. The fourth-order valence-electron chi connectivity index (χ4n) is 3.72. The van der Waals surface area contributed by atoms with Gasteiger partial charge in [-0.25, -0.2) is 9.18 Å². The van der Waals surface area contributed by atoms with E-state index in [-0.39, 0.29) is 11.5 Å². The average molecular weight is 372 g/mol. The zero-order valence-corrected chi connectivity index (χ0v) is 15.3. The summed E-state index contributed by atoms with van der Waals surface area (Å²) < 4.78 is 13.4. The van der Waals surface area contributed by atoms with Gasteiger partial charge in [-0.3, -0.25) is 24.2 Å². The van der Waals surface area contributed by atoms with Crippen molar-refractivity contribution in [3.8, 4) is 0 Å². The van der Waals surface area contributed by atoms with E-state index in [9.17, 15) is 23.6 Å². The van der Waals surface area contributed by atoms with E-state index >= 15 is 0 Å². The van der Waals surface area contributed by atoms with E-state index in [2.05, 4.69) is 0 Å². The molecule has 1 aromatic rings. The van der Waals surface area contributed by atoms with E-state index in [1.54, 1.807) is 0 Å². The molecule has 0 aromatic heterocycles. The van der Waals surface area contributed by atoms with Crippen LogP contribution in [-0.4, -0.2) is 47.0 Å². The molecule has 2 aliphatic rings. The lowest BCUT2D eigenvalue weighted by molar-refractivity contribution is -0.159. The first-order valence-corrected chi connectivity index (χ1v) is 8.86. The molecular formula is C20H21FN2O4. The van der Waals surface area contributed by atoms with Crippen LogP contribution in [0.5, 0.6) is 0 Å². The van der Waals surface area contributed by atoms with Crippen LogP contribution in [0.15, 0.2) is 36.4 Å². The average Bonchev–Trinajstić information content (AvgIpc) is 2.68. The standard InChI is InChI=1S/C20H21FN2O4/c1-20(14-8-4-3-5-9-14)17(25)22(2)19(27)23(18(20)26)12-16(24)13-7-6-10-15(21)11-13/h4,6-8,10-11,14H,3,5,9,12H2,1-2H3. The molecular weight excluding hydrogens is 351 g/mol. The summed E-state index contributed by atoms with van der Waals surface area (Å²) >= 11 is 0. The first-order chi connectivity index (χ1) is 12.8. The minimum atomic E-state index is -1.44. The van der Waals surface area contributed by atoms with Crippen molar-refractivity contribution >= 4 is 23.6 Å². The number of nitrogens with zero attached hydrogens (tertiary/aromatic N) is 2. The lowest BCUT2D eigenvalue weighted by Crippen LogP contribution is -2.65. The Balaban J connectivity index is 1.92. The number of Topliss-reactive ketones (excluding diaryl/α,β-unsaturated/α-hetero) is 1. The number of barbiturate groups is 1. The maximum Gasteiger partial charge on any atom is 0.333 e. The highest BCUT2D eigenvalue weighted by Gasteiger charge is 2.56. The van der Waals surface area contributed by atoms with E-state index in [0.717, 1.165) is 28.7 Å². The molecule has 1 aliphatic heterocycles. The number of urea groups is 1. The molecule has 6 nitrogen and oxygen atoms in total. The third-order valence-corrected chi connectivity index (χ3v) is 5.40. The van der Waals surface area contributed by atoms with Crippen molar-refractivity contribution in [3.63, 3.8) is 0 Å². The lowest BCUT2D eigenvalue weighted by Gasteiger charge is -2.44. The highest BCUT2D eigenvalue weighted by Crippen LogP contribution is 2.41. The number of hydrogen-bond acceptors (Lipinski definition) is 4. The summed E-state index contributed by atoms with van der Waals surface area (Å²) in [5.41, 5.74) is -1.38. The van der Waals surface area contributed by atoms with E-state index < -0.39 is 41.4 Å². The quantitative estimate of drug-likeness (QED) is 0.463. The molecule has 0 saturated carbocycles. The van der Waals surface area contributed by atoms with Crippen molar-refractivity contribution < 1.29 is 23.6 Å². The van der Waals surface area contributed by atoms with Crippen molar-refractivity contribution in [2.45, 2.75) is 26.2 Å². The normalized spacial score (nSPS) is 25.9. The Kier molecular flexibility index (Phi) is 4.95. The number of amides is 4. The van der Waals surface area contributed by atoms with Gasteiger partial charge in [-0.1, -0.05) is 24.3 Å². The number of rotatable bonds is 4. The Hall–Kier alpha value is -2.83. The van der Waals surface area contributed by atoms with Gasteiger partial charge in [0.2, 0.25) is 11.8 Å². The van der Waals surface area contributed by atoms with Crippen molar-refractivity contribution in [2.24, 2.45) is 11.3 Å². The Morgan fingerprint density at radius 1 is 1.26 bits per heavy atom. The lowest BCUT2D eigenvalue weighted by atomic mass is 9.70. The smallest absolute Gasteiger partial charge is 0.292 e. The first-order valence-electron chi connectivity index (χ1n) is 8.86. The number of carbonyl (C=O) groups excluding carboxylic acids is 4. The fraction of sp³-hybridized carbons (Fsp3) is 0.400. The summed E-state index contributed by atoms with van der Waals surface area (Å²) in [5.74, 6) is -2.74. The number of allylic oxidation sites excluding steroid dienone is 2. The van der Waals surface area contributed by atoms with Crippen molar-refractivity contribution in [2.75, 3.05) is 13.6 Å². The van der Waals surface area contributed by atoms with Gasteiger partial charge in [0.05, 0.1) is 6.54 Å². The number of benzene rings is 1. The molecule has 0 spiro atoms. The second-order valence-electron chi connectivity index (χ2n) is 7.14. The predicted molar refractivity (Wildman–Crippen MR) is 95.2 cm³/mol. The molecule has 1 aliphatic carbocycles. The van der Waals surface area contributed by atoms with Gasteiger partial charge in [0.15, 0.2) is 5.78 Å². The van der Waals surface area contributed by atoms with Crippen molar-refractivity contribution in [1.82, 2.24) is 9.80 Å². The van der Waals surface area contributed by atoms with E-state index in [1.807, 2.05) is 12.2 Å². The highest BCUT2D eigenvalue weighted by molar-refractivity contribution is 6.20. The van der Waals surface area contributed by atoms with Gasteiger partial charge >= 0.3 is 6.03 Å². The summed E-state index contributed by atoms with van der Waals surface area (Å²) in [6, 6.07) is 4.22.